The Labute approximate surface area is 113 Å². The smallest absolute Gasteiger partial charge is 0.341 e. The molecule has 0 saturated heterocycles. The van der Waals surface area contributed by atoms with Gasteiger partial charge in [-0.05, 0) is 40.2 Å². The first-order chi connectivity index (χ1) is 8.72. The van der Waals surface area contributed by atoms with E-state index in [9.17, 15) is 4.79 Å². The molecule has 18 heavy (non-hydrogen) atoms. The van der Waals surface area contributed by atoms with Crippen molar-refractivity contribution >= 4 is 21.9 Å². The number of hydrogen-bond donors (Lipinski definition) is 0. The van der Waals surface area contributed by atoms with Crippen molar-refractivity contribution in [1.29, 1.82) is 0 Å². The maximum Gasteiger partial charge on any atom is 0.341 e. The summed E-state index contributed by atoms with van der Waals surface area (Å²) < 4.78 is 11.1. The van der Waals surface area contributed by atoms with Crippen molar-refractivity contribution in [3.63, 3.8) is 0 Å². The first-order valence-electron chi connectivity index (χ1n) is 5.32. The number of ether oxygens (including phenoxy) is 2. The molecule has 0 heterocycles. The largest absolute Gasteiger partial charge is 0.465 e. The van der Waals surface area contributed by atoms with Crippen LogP contribution in [0.25, 0.3) is 0 Å². The van der Waals surface area contributed by atoms with E-state index in [1.54, 1.807) is 12.1 Å². The number of benzene rings is 2. The molecule has 0 aliphatic carbocycles. The van der Waals surface area contributed by atoms with Gasteiger partial charge in [-0.1, -0.05) is 24.3 Å². The summed E-state index contributed by atoms with van der Waals surface area (Å²) >= 11 is 3.37. The molecule has 0 spiro atoms. The molecule has 2 aromatic carbocycles. The van der Waals surface area contributed by atoms with E-state index in [1.807, 2.05) is 36.4 Å². The summed E-state index contributed by atoms with van der Waals surface area (Å²) in [5.41, 5.74) is 0.385. The first kappa shape index (κ1) is 12.6. The highest BCUT2D eigenvalue weighted by Crippen LogP contribution is 2.33. The van der Waals surface area contributed by atoms with Crippen LogP contribution in [0, 0.1) is 0 Å². The third-order valence-corrected chi connectivity index (χ3v) is 2.96. The van der Waals surface area contributed by atoms with E-state index in [0.717, 1.165) is 0 Å². The zero-order chi connectivity index (χ0) is 13.0. The minimum atomic E-state index is -0.428. The molecule has 0 saturated carbocycles. The number of para-hydroxylation sites is 2. The summed E-state index contributed by atoms with van der Waals surface area (Å²) in [7, 11) is 1.34. The lowest BCUT2D eigenvalue weighted by molar-refractivity contribution is 0.0598. The number of carbonyl (C=O) groups is 1. The lowest BCUT2D eigenvalue weighted by atomic mass is 10.2. The van der Waals surface area contributed by atoms with Crippen LogP contribution in [0.15, 0.2) is 53.0 Å². The van der Waals surface area contributed by atoms with Crippen LogP contribution in [0.1, 0.15) is 10.4 Å². The summed E-state index contributed by atoms with van der Waals surface area (Å²) in [6.45, 7) is 0. The standard InChI is InChI=1S/C14H11BrO3/c1-17-14(16)11-8-5-9-12(15)13(11)18-10-6-3-2-4-7-10/h2-9H,1H3. The second kappa shape index (κ2) is 5.69. The van der Waals surface area contributed by atoms with Gasteiger partial charge >= 0.3 is 5.97 Å². The molecule has 0 unspecified atom stereocenters. The summed E-state index contributed by atoms with van der Waals surface area (Å²) in [5.74, 6) is 0.687. The molecule has 0 aliphatic heterocycles. The molecule has 0 radical (unpaired) electrons. The van der Waals surface area contributed by atoms with Crippen LogP contribution in [-0.4, -0.2) is 13.1 Å². The predicted molar refractivity (Wildman–Crippen MR) is 72.0 cm³/mol. The van der Waals surface area contributed by atoms with Gasteiger partial charge in [-0.2, -0.15) is 0 Å². The van der Waals surface area contributed by atoms with Crippen molar-refractivity contribution in [3.05, 3.63) is 58.6 Å². The Kier molecular flexibility index (Phi) is 3.99. The van der Waals surface area contributed by atoms with Crippen LogP contribution in [-0.2, 0) is 4.74 Å². The van der Waals surface area contributed by atoms with Gasteiger partial charge in [0.05, 0.1) is 11.6 Å². The highest BCUT2D eigenvalue weighted by molar-refractivity contribution is 9.10. The van der Waals surface area contributed by atoms with Gasteiger partial charge in [0.15, 0.2) is 5.75 Å². The van der Waals surface area contributed by atoms with E-state index in [-0.39, 0.29) is 0 Å². The number of halogens is 1. The van der Waals surface area contributed by atoms with Gasteiger partial charge in [0, 0.05) is 0 Å². The van der Waals surface area contributed by atoms with E-state index in [4.69, 9.17) is 9.47 Å². The van der Waals surface area contributed by atoms with Gasteiger partial charge in [0.2, 0.25) is 0 Å². The third kappa shape index (κ3) is 2.71. The zero-order valence-corrected chi connectivity index (χ0v) is 11.3. The van der Waals surface area contributed by atoms with Gasteiger partial charge in [-0.3, -0.25) is 0 Å². The average molecular weight is 307 g/mol. The molecular weight excluding hydrogens is 296 g/mol. The molecule has 0 aliphatic rings. The van der Waals surface area contributed by atoms with E-state index in [0.29, 0.717) is 21.5 Å². The molecule has 0 amide bonds. The molecule has 92 valence electrons. The van der Waals surface area contributed by atoms with E-state index in [2.05, 4.69) is 15.9 Å². The van der Waals surface area contributed by atoms with Gasteiger partial charge in [0.1, 0.15) is 11.3 Å². The number of methoxy groups -OCH3 is 1. The summed E-state index contributed by atoms with van der Waals surface area (Å²) in [6.07, 6.45) is 0. The molecule has 0 fully saturated rings. The molecule has 0 aromatic heterocycles. The quantitative estimate of drug-likeness (QED) is 0.803. The van der Waals surface area contributed by atoms with Crippen LogP contribution in [0.3, 0.4) is 0 Å². The minimum Gasteiger partial charge on any atom is -0.465 e. The fourth-order valence-corrected chi connectivity index (χ4v) is 1.94. The van der Waals surface area contributed by atoms with Crippen molar-refractivity contribution in [3.8, 4) is 11.5 Å². The molecule has 2 aromatic rings. The van der Waals surface area contributed by atoms with Gasteiger partial charge in [-0.15, -0.1) is 0 Å². The normalized spacial score (nSPS) is 9.89. The Morgan fingerprint density at radius 1 is 1.06 bits per heavy atom. The first-order valence-corrected chi connectivity index (χ1v) is 6.11. The van der Waals surface area contributed by atoms with E-state index < -0.39 is 5.97 Å². The van der Waals surface area contributed by atoms with E-state index >= 15 is 0 Å². The highest BCUT2D eigenvalue weighted by atomic mass is 79.9. The van der Waals surface area contributed by atoms with Crippen molar-refractivity contribution in [2.45, 2.75) is 0 Å². The predicted octanol–water partition coefficient (Wildman–Crippen LogP) is 4.03. The zero-order valence-electron chi connectivity index (χ0n) is 9.72. The number of rotatable bonds is 3. The fraction of sp³-hybridized carbons (Fsp3) is 0.0714. The van der Waals surface area contributed by atoms with Gasteiger partial charge in [0.25, 0.3) is 0 Å². The monoisotopic (exact) mass is 306 g/mol. The Balaban J connectivity index is 2.40. The van der Waals surface area contributed by atoms with Crippen molar-refractivity contribution in [1.82, 2.24) is 0 Å². The number of hydrogen-bond acceptors (Lipinski definition) is 3. The van der Waals surface area contributed by atoms with Crippen LogP contribution >= 0.6 is 15.9 Å². The third-order valence-electron chi connectivity index (χ3n) is 2.34. The number of esters is 1. The minimum absolute atomic E-state index is 0.385. The lowest BCUT2D eigenvalue weighted by Crippen LogP contribution is -2.04. The lowest BCUT2D eigenvalue weighted by Gasteiger charge is -2.11. The van der Waals surface area contributed by atoms with Crippen molar-refractivity contribution in [2.24, 2.45) is 0 Å². The summed E-state index contributed by atoms with van der Waals surface area (Å²) in [5, 5.41) is 0. The molecule has 0 atom stereocenters. The second-order valence-electron chi connectivity index (χ2n) is 3.52. The average Bonchev–Trinajstić information content (AvgIpc) is 2.41. The fourth-order valence-electron chi connectivity index (χ4n) is 1.49. The highest BCUT2D eigenvalue weighted by Gasteiger charge is 2.16. The van der Waals surface area contributed by atoms with Gasteiger partial charge < -0.3 is 9.47 Å². The Bertz CT molecular complexity index is 552. The van der Waals surface area contributed by atoms with Crippen molar-refractivity contribution in [2.75, 3.05) is 7.11 Å². The molecule has 3 nitrogen and oxygen atoms in total. The summed E-state index contributed by atoms with van der Waals surface area (Å²) in [6, 6.07) is 14.5. The topological polar surface area (TPSA) is 35.5 Å². The Hall–Kier alpha value is -1.81. The number of carbonyl (C=O) groups excluding carboxylic acids is 1. The molecule has 4 heteroatoms. The molecule has 0 N–H and O–H groups in total. The van der Waals surface area contributed by atoms with Crippen molar-refractivity contribution < 1.29 is 14.3 Å². The summed E-state index contributed by atoms with van der Waals surface area (Å²) in [4.78, 5) is 11.7. The molecule has 0 bridgehead atoms. The van der Waals surface area contributed by atoms with Crippen LogP contribution < -0.4 is 4.74 Å². The Morgan fingerprint density at radius 2 is 1.78 bits per heavy atom. The maximum absolute atomic E-state index is 11.7. The SMILES string of the molecule is COC(=O)c1cccc(Br)c1Oc1ccccc1. The maximum atomic E-state index is 11.7. The van der Waals surface area contributed by atoms with Crippen LogP contribution in [0.4, 0.5) is 0 Å². The molecule has 2 rings (SSSR count). The van der Waals surface area contributed by atoms with Crippen LogP contribution in [0.2, 0.25) is 0 Å². The van der Waals surface area contributed by atoms with E-state index in [1.165, 1.54) is 7.11 Å². The molecular formula is C14H11BrO3. The second-order valence-corrected chi connectivity index (χ2v) is 4.38. The van der Waals surface area contributed by atoms with Gasteiger partial charge in [-0.25, -0.2) is 4.79 Å². The Morgan fingerprint density at radius 3 is 2.44 bits per heavy atom. The van der Waals surface area contributed by atoms with Crippen LogP contribution in [0.5, 0.6) is 11.5 Å².